The lowest BCUT2D eigenvalue weighted by molar-refractivity contribution is 0.0636. The smallest absolute Gasteiger partial charge is 0.412 e. The number of carbonyl (C=O) groups excluding carboxylic acids is 2. The molecule has 2 aromatic heterocycles. The van der Waals surface area contributed by atoms with Gasteiger partial charge < -0.3 is 15.0 Å². The first-order chi connectivity index (χ1) is 17.6. The van der Waals surface area contributed by atoms with Crippen LogP contribution in [0.5, 0.6) is 0 Å². The minimum Gasteiger partial charge on any atom is -0.444 e. The number of hydrogen-bond donors (Lipinski definition) is 2. The van der Waals surface area contributed by atoms with Crippen molar-refractivity contribution in [3.05, 3.63) is 47.9 Å². The number of benzene rings is 1. The third-order valence-corrected chi connectivity index (χ3v) is 6.61. The van der Waals surface area contributed by atoms with Crippen LogP contribution in [0.3, 0.4) is 0 Å². The average molecular weight is 533 g/mol. The molecule has 2 amide bonds. The Morgan fingerprint density at radius 1 is 1.08 bits per heavy atom. The van der Waals surface area contributed by atoms with Crippen molar-refractivity contribution in [3.63, 3.8) is 0 Å². The fourth-order valence-corrected chi connectivity index (χ4v) is 4.93. The Morgan fingerprint density at radius 2 is 1.78 bits per heavy atom. The second-order valence-corrected chi connectivity index (χ2v) is 10.8. The van der Waals surface area contributed by atoms with Crippen molar-refractivity contribution in [1.82, 2.24) is 19.7 Å². The third kappa shape index (κ3) is 7.10. The van der Waals surface area contributed by atoms with Gasteiger partial charge in [0.25, 0.3) is 5.91 Å². The van der Waals surface area contributed by atoms with Crippen LogP contribution in [0.1, 0.15) is 50.5 Å². The lowest BCUT2D eigenvalue weighted by atomic mass is 10.1. The normalized spacial score (nSPS) is 14.4. The third-order valence-electron chi connectivity index (χ3n) is 5.62. The molecule has 1 saturated heterocycles. The van der Waals surface area contributed by atoms with E-state index >= 15 is 0 Å². The van der Waals surface area contributed by atoms with Gasteiger partial charge in [0.05, 0.1) is 24.0 Å². The molecular formula is C25H30F2N6O3S. The maximum absolute atomic E-state index is 14.4. The summed E-state index contributed by atoms with van der Waals surface area (Å²) >= 11 is 0.773. The van der Waals surface area contributed by atoms with E-state index in [2.05, 4.69) is 25.6 Å². The predicted octanol–water partition coefficient (Wildman–Crippen LogP) is 5.37. The van der Waals surface area contributed by atoms with Gasteiger partial charge >= 0.3 is 6.09 Å². The van der Waals surface area contributed by atoms with Gasteiger partial charge in [-0.15, -0.1) is 0 Å². The number of amides is 2. The molecule has 2 N–H and O–H groups in total. The van der Waals surface area contributed by atoms with E-state index in [1.165, 1.54) is 31.5 Å². The molecule has 0 saturated carbocycles. The van der Waals surface area contributed by atoms with Crippen LogP contribution >= 0.6 is 11.3 Å². The molecule has 3 heterocycles. The van der Waals surface area contributed by atoms with E-state index in [9.17, 15) is 18.4 Å². The van der Waals surface area contributed by atoms with Gasteiger partial charge in [-0.05, 0) is 58.8 Å². The Labute approximate surface area is 217 Å². The highest BCUT2D eigenvalue weighted by Crippen LogP contribution is 2.35. The van der Waals surface area contributed by atoms with Crippen LogP contribution in [-0.4, -0.2) is 56.9 Å². The molecule has 4 rings (SSSR count). The highest BCUT2D eigenvalue weighted by Gasteiger charge is 2.26. The molecule has 9 nitrogen and oxygen atoms in total. The molecule has 0 bridgehead atoms. The molecule has 1 aliphatic rings. The van der Waals surface area contributed by atoms with Crippen molar-refractivity contribution in [3.8, 4) is 10.6 Å². The van der Waals surface area contributed by atoms with Gasteiger partial charge in [0.15, 0.2) is 5.69 Å². The van der Waals surface area contributed by atoms with E-state index < -0.39 is 29.2 Å². The summed E-state index contributed by atoms with van der Waals surface area (Å²) in [7, 11) is 0. The molecule has 12 heteroatoms. The highest BCUT2D eigenvalue weighted by atomic mass is 32.1. The maximum Gasteiger partial charge on any atom is 0.412 e. The minimum absolute atomic E-state index is 0.00175. The summed E-state index contributed by atoms with van der Waals surface area (Å²) in [6, 6.07) is 3.43. The van der Waals surface area contributed by atoms with Crippen molar-refractivity contribution >= 4 is 34.0 Å². The van der Waals surface area contributed by atoms with Crippen LogP contribution in [0.4, 0.5) is 24.3 Å². The van der Waals surface area contributed by atoms with E-state index in [-0.39, 0.29) is 21.3 Å². The standard InChI is InChI=1S/C25H30F2N6O3S/c1-25(2,3)36-24(35)31-23-20(30-22(37-23)19-17(26)8-7-9-18(19)27)21(34)29-16-14-28-33(15-16)13-12-32-10-5-4-6-11-32/h7-9,14-15H,4-6,10-13H2,1-3H3,(H,29,34)(H,31,35). The zero-order chi connectivity index (χ0) is 26.6. The summed E-state index contributed by atoms with van der Waals surface area (Å²) in [6.45, 7) is 8.76. The van der Waals surface area contributed by atoms with Crippen LogP contribution < -0.4 is 10.6 Å². The van der Waals surface area contributed by atoms with Gasteiger partial charge in [0, 0.05) is 12.7 Å². The summed E-state index contributed by atoms with van der Waals surface area (Å²) in [6.07, 6.45) is 6.06. The lowest BCUT2D eigenvalue weighted by Gasteiger charge is -2.26. The fourth-order valence-electron chi connectivity index (χ4n) is 3.93. The first-order valence-corrected chi connectivity index (χ1v) is 12.9. The number of nitrogens with zero attached hydrogens (tertiary/aromatic N) is 4. The fraction of sp³-hybridized carbons (Fsp3) is 0.440. The Kier molecular flexibility index (Phi) is 8.18. The maximum atomic E-state index is 14.4. The molecular weight excluding hydrogens is 502 g/mol. The lowest BCUT2D eigenvalue weighted by Crippen LogP contribution is -2.32. The SMILES string of the molecule is CC(C)(C)OC(=O)Nc1sc(-c2c(F)cccc2F)nc1C(=O)Nc1cnn(CCN2CCCCC2)c1. The van der Waals surface area contributed by atoms with Crippen molar-refractivity contribution in [2.45, 2.75) is 52.2 Å². The van der Waals surface area contributed by atoms with Crippen LogP contribution in [-0.2, 0) is 11.3 Å². The molecule has 0 unspecified atom stereocenters. The predicted molar refractivity (Wildman–Crippen MR) is 138 cm³/mol. The van der Waals surface area contributed by atoms with Gasteiger partial charge in [-0.25, -0.2) is 18.6 Å². The number of rotatable bonds is 7. The summed E-state index contributed by atoms with van der Waals surface area (Å²) in [4.78, 5) is 32.1. The van der Waals surface area contributed by atoms with Gasteiger partial charge in [0.2, 0.25) is 0 Å². The van der Waals surface area contributed by atoms with Crippen molar-refractivity contribution in [2.24, 2.45) is 0 Å². The number of nitrogens with one attached hydrogen (secondary N) is 2. The number of likely N-dealkylation sites (tertiary alicyclic amines) is 1. The topological polar surface area (TPSA) is 101 Å². The van der Waals surface area contributed by atoms with E-state index in [4.69, 9.17) is 4.74 Å². The Bertz CT molecular complexity index is 1240. The number of carbonyl (C=O) groups is 2. The number of thiazole rings is 1. The van der Waals surface area contributed by atoms with Crippen LogP contribution in [0.25, 0.3) is 10.6 Å². The molecule has 0 aliphatic carbocycles. The van der Waals surface area contributed by atoms with Gasteiger partial charge in [-0.3, -0.25) is 14.8 Å². The molecule has 3 aromatic rings. The van der Waals surface area contributed by atoms with E-state index in [0.29, 0.717) is 12.2 Å². The van der Waals surface area contributed by atoms with Gasteiger partial charge in [0.1, 0.15) is 27.2 Å². The number of aromatic nitrogens is 3. The summed E-state index contributed by atoms with van der Waals surface area (Å²) in [5.41, 5.74) is -0.946. The Hall–Kier alpha value is -3.38. The molecule has 1 aliphatic heterocycles. The van der Waals surface area contributed by atoms with Gasteiger partial charge in [-0.2, -0.15) is 5.10 Å². The van der Waals surface area contributed by atoms with Crippen molar-refractivity contribution in [2.75, 3.05) is 30.3 Å². The molecule has 1 fully saturated rings. The Morgan fingerprint density at radius 3 is 2.46 bits per heavy atom. The number of piperidine rings is 1. The number of ether oxygens (including phenoxy) is 1. The monoisotopic (exact) mass is 532 g/mol. The molecule has 1 aromatic carbocycles. The van der Waals surface area contributed by atoms with Crippen LogP contribution in [0.2, 0.25) is 0 Å². The molecule has 37 heavy (non-hydrogen) atoms. The van der Waals surface area contributed by atoms with E-state index in [0.717, 1.165) is 43.1 Å². The van der Waals surface area contributed by atoms with E-state index in [1.54, 1.807) is 31.6 Å². The number of anilines is 2. The molecule has 198 valence electrons. The quantitative estimate of drug-likeness (QED) is 0.424. The Balaban J connectivity index is 1.53. The second kappa shape index (κ2) is 11.3. The summed E-state index contributed by atoms with van der Waals surface area (Å²) < 4.78 is 35.8. The van der Waals surface area contributed by atoms with Gasteiger partial charge in [-0.1, -0.05) is 23.8 Å². The molecule has 0 radical (unpaired) electrons. The molecule has 0 spiro atoms. The first-order valence-electron chi connectivity index (χ1n) is 12.1. The van der Waals surface area contributed by atoms with Crippen LogP contribution in [0, 0.1) is 11.6 Å². The number of halogens is 2. The second-order valence-electron chi connectivity index (χ2n) is 9.77. The zero-order valence-corrected chi connectivity index (χ0v) is 21.8. The highest BCUT2D eigenvalue weighted by molar-refractivity contribution is 7.19. The van der Waals surface area contributed by atoms with Crippen molar-refractivity contribution < 1.29 is 23.1 Å². The first kappa shape index (κ1) is 26.7. The minimum atomic E-state index is -0.834. The number of hydrogen-bond acceptors (Lipinski definition) is 7. The zero-order valence-electron chi connectivity index (χ0n) is 21.0. The summed E-state index contributed by atoms with van der Waals surface area (Å²) in [5.74, 6) is -2.33. The summed E-state index contributed by atoms with van der Waals surface area (Å²) in [5, 5.41) is 9.40. The van der Waals surface area contributed by atoms with Crippen LogP contribution in [0.15, 0.2) is 30.6 Å². The van der Waals surface area contributed by atoms with E-state index in [1.807, 2.05) is 0 Å². The largest absolute Gasteiger partial charge is 0.444 e. The average Bonchev–Trinajstić information content (AvgIpc) is 3.44. The van der Waals surface area contributed by atoms with Crippen molar-refractivity contribution in [1.29, 1.82) is 0 Å². The molecule has 0 atom stereocenters.